The summed E-state index contributed by atoms with van der Waals surface area (Å²) in [6, 6.07) is 0.187. The fourth-order valence-electron chi connectivity index (χ4n) is 2.37. The molecule has 4 nitrogen and oxygen atoms in total. The molecule has 0 radical (unpaired) electrons. The lowest BCUT2D eigenvalue weighted by Crippen LogP contribution is -2.71. The van der Waals surface area contributed by atoms with E-state index in [1.54, 1.807) is 11.8 Å². The minimum Gasteiger partial charge on any atom is -0.385 e. The van der Waals surface area contributed by atoms with Crippen molar-refractivity contribution in [2.45, 2.75) is 37.8 Å². The number of rotatable bonds is 1. The third-order valence-electron chi connectivity index (χ3n) is 3.33. The summed E-state index contributed by atoms with van der Waals surface area (Å²) in [5, 5.41) is 13.5. The Balaban J connectivity index is 1.89. The highest BCUT2D eigenvalue weighted by Gasteiger charge is 2.48. The molecule has 0 bridgehead atoms. The second-order valence-electron chi connectivity index (χ2n) is 4.48. The van der Waals surface area contributed by atoms with Gasteiger partial charge >= 0.3 is 0 Å². The maximum absolute atomic E-state index is 11.0. The van der Waals surface area contributed by atoms with Crippen LogP contribution in [0.15, 0.2) is 0 Å². The summed E-state index contributed by atoms with van der Waals surface area (Å²) in [6.07, 6.45) is 3.41. The lowest BCUT2D eigenvalue weighted by atomic mass is 9.81. The van der Waals surface area contributed by atoms with Gasteiger partial charge in [-0.2, -0.15) is 0 Å². The standard InChI is InChI=1S/C10H18N2O2/c1-8(13)12-6-10(14,7-12)9-4-2-3-5-11-9/h9,11,14H,2-7H2,1H3/t9-/m0/s1. The number of amides is 1. The summed E-state index contributed by atoms with van der Waals surface area (Å²) in [5.74, 6) is 0.0606. The molecule has 4 heteroatoms. The molecule has 0 aliphatic carbocycles. The van der Waals surface area contributed by atoms with Crippen molar-refractivity contribution in [2.24, 2.45) is 0 Å². The van der Waals surface area contributed by atoms with Crippen molar-refractivity contribution >= 4 is 5.91 Å². The Bertz CT molecular complexity index is 230. The summed E-state index contributed by atoms with van der Waals surface area (Å²) < 4.78 is 0. The molecule has 0 unspecified atom stereocenters. The predicted molar refractivity (Wildman–Crippen MR) is 52.8 cm³/mol. The first-order valence-electron chi connectivity index (χ1n) is 5.33. The predicted octanol–water partition coefficient (Wildman–Crippen LogP) is -0.278. The van der Waals surface area contributed by atoms with Crippen LogP contribution in [0.4, 0.5) is 0 Å². The van der Waals surface area contributed by atoms with E-state index >= 15 is 0 Å². The van der Waals surface area contributed by atoms with Crippen LogP contribution in [0.5, 0.6) is 0 Å². The number of piperidine rings is 1. The van der Waals surface area contributed by atoms with Gasteiger partial charge in [0.2, 0.25) is 5.91 Å². The average Bonchev–Trinajstić information content (AvgIpc) is 2.14. The molecule has 0 aromatic heterocycles. The maximum atomic E-state index is 11.0. The van der Waals surface area contributed by atoms with E-state index in [2.05, 4.69) is 5.32 Å². The fraction of sp³-hybridized carbons (Fsp3) is 0.900. The lowest BCUT2D eigenvalue weighted by molar-refractivity contribution is -0.160. The Hall–Kier alpha value is -0.610. The topological polar surface area (TPSA) is 52.6 Å². The van der Waals surface area contributed by atoms with E-state index < -0.39 is 5.60 Å². The van der Waals surface area contributed by atoms with Gasteiger partial charge in [0.1, 0.15) is 5.60 Å². The van der Waals surface area contributed by atoms with Gasteiger partial charge in [0.25, 0.3) is 0 Å². The monoisotopic (exact) mass is 198 g/mol. The quantitative estimate of drug-likeness (QED) is 0.609. The van der Waals surface area contributed by atoms with Gasteiger partial charge in [-0.3, -0.25) is 4.79 Å². The number of β-amino-alcohol motifs (C(OH)–C–C–N with tert-alkyl or cyclic N) is 1. The smallest absolute Gasteiger partial charge is 0.219 e. The molecule has 0 spiro atoms. The Kier molecular flexibility index (Phi) is 2.49. The van der Waals surface area contributed by atoms with Crippen molar-refractivity contribution in [1.82, 2.24) is 10.2 Å². The molecule has 2 fully saturated rings. The van der Waals surface area contributed by atoms with Crippen molar-refractivity contribution in [3.05, 3.63) is 0 Å². The maximum Gasteiger partial charge on any atom is 0.219 e. The molecule has 2 saturated heterocycles. The summed E-state index contributed by atoms with van der Waals surface area (Å²) in [4.78, 5) is 12.7. The molecular formula is C10H18N2O2. The average molecular weight is 198 g/mol. The second-order valence-corrected chi connectivity index (χ2v) is 4.48. The van der Waals surface area contributed by atoms with Gasteiger partial charge in [-0.15, -0.1) is 0 Å². The number of carbonyl (C=O) groups is 1. The van der Waals surface area contributed by atoms with Gasteiger partial charge in [0, 0.05) is 13.0 Å². The molecule has 0 aromatic rings. The number of hydrogen-bond donors (Lipinski definition) is 2. The highest BCUT2D eigenvalue weighted by atomic mass is 16.3. The fourth-order valence-corrected chi connectivity index (χ4v) is 2.37. The lowest BCUT2D eigenvalue weighted by Gasteiger charge is -2.51. The molecule has 2 rings (SSSR count). The Morgan fingerprint density at radius 3 is 2.71 bits per heavy atom. The van der Waals surface area contributed by atoms with Gasteiger partial charge in [-0.05, 0) is 19.4 Å². The third kappa shape index (κ3) is 1.64. The van der Waals surface area contributed by atoms with E-state index in [1.807, 2.05) is 0 Å². The molecule has 2 heterocycles. The van der Waals surface area contributed by atoms with Crippen LogP contribution < -0.4 is 5.32 Å². The first-order chi connectivity index (χ1) is 6.62. The van der Waals surface area contributed by atoms with E-state index in [1.165, 1.54) is 12.8 Å². The van der Waals surface area contributed by atoms with Gasteiger partial charge in [-0.25, -0.2) is 0 Å². The summed E-state index contributed by atoms with van der Waals surface area (Å²) >= 11 is 0. The number of aliphatic hydroxyl groups is 1. The van der Waals surface area contributed by atoms with Crippen molar-refractivity contribution < 1.29 is 9.90 Å². The second kappa shape index (κ2) is 3.51. The molecule has 1 amide bonds. The zero-order valence-corrected chi connectivity index (χ0v) is 8.62. The molecule has 80 valence electrons. The summed E-state index contributed by atoms with van der Waals surface area (Å²) in [5.41, 5.74) is -0.661. The van der Waals surface area contributed by atoms with Crippen molar-refractivity contribution in [3.63, 3.8) is 0 Å². The van der Waals surface area contributed by atoms with E-state index in [4.69, 9.17) is 0 Å². The van der Waals surface area contributed by atoms with Gasteiger partial charge < -0.3 is 15.3 Å². The first-order valence-corrected chi connectivity index (χ1v) is 5.33. The van der Waals surface area contributed by atoms with Crippen LogP contribution in [0, 0.1) is 0 Å². The van der Waals surface area contributed by atoms with E-state index in [0.29, 0.717) is 13.1 Å². The van der Waals surface area contributed by atoms with Crippen LogP contribution in [-0.2, 0) is 4.79 Å². The molecular weight excluding hydrogens is 180 g/mol. The molecule has 0 saturated carbocycles. The normalized spacial score (nSPS) is 31.0. The number of likely N-dealkylation sites (tertiary alicyclic amines) is 1. The van der Waals surface area contributed by atoms with E-state index in [0.717, 1.165) is 13.0 Å². The van der Waals surface area contributed by atoms with Crippen molar-refractivity contribution in [2.75, 3.05) is 19.6 Å². The summed E-state index contributed by atoms with van der Waals surface area (Å²) in [7, 11) is 0. The Morgan fingerprint density at radius 1 is 1.50 bits per heavy atom. The summed E-state index contributed by atoms with van der Waals surface area (Å²) in [6.45, 7) is 3.54. The molecule has 2 N–H and O–H groups in total. The van der Waals surface area contributed by atoms with Crippen molar-refractivity contribution in [1.29, 1.82) is 0 Å². The molecule has 1 atom stereocenters. The Morgan fingerprint density at radius 2 is 2.21 bits per heavy atom. The Labute approximate surface area is 84.3 Å². The number of nitrogens with zero attached hydrogens (tertiary/aromatic N) is 1. The molecule has 2 aliphatic rings. The first kappa shape index (κ1) is 9.93. The largest absolute Gasteiger partial charge is 0.385 e. The van der Waals surface area contributed by atoms with Crippen LogP contribution in [-0.4, -0.2) is 47.2 Å². The minimum absolute atomic E-state index is 0.0606. The van der Waals surface area contributed by atoms with Crippen LogP contribution in [0.25, 0.3) is 0 Å². The highest BCUT2D eigenvalue weighted by molar-refractivity contribution is 5.74. The van der Waals surface area contributed by atoms with E-state index in [9.17, 15) is 9.90 Å². The van der Waals surface area contributed by atoms with Crippen LogP contribution in [0.3, 0.4) is 0 Å². The zero-order valence-electron chi connectivity index (χ0n) is 8.62. The number of nitrogens with one attached hydrogen (secondary N) is 1. The van der Waals surface area contributed by atoms with Crippen LogP contribution in [0.1, 0.15) is 26.2 Å². The molecule has 0 aromatic carbocycles. The zero-order chi connectivity index (χ0) is 10.2. The van der Waals surface area contributed by atoms with E-state index in [-0.39, 0.29) is 11.9 Å². The van der Waals surface area contributed by atoms with Crippen LogP contribution >= 0.6 is 0 Å². The SMILES string of the molecule is CC(=O)N1CC(O)([C@@H]2CCCCN2)C1. The highest BCUT2D eigenvalue weighted by Crippen LogP contribution is 2.28. The molecule has 14 heavy (non-hydrogen) atoms. The van der Waals surface area contributed by atoms with Crippen molar-refractivity contribution in [3.8, 4) is 0 Å². The minimum atomic E-state index is -0.661. The third-order valence-corrected chi connectivity index (χ3v) is 3.33. The van der Waals surface area contributed by atoms with Gasteiger partial charge in [-0.1, -0.05) is 6.42 Å². The van der Waals surface area contributed by atoms with Gasteiger partial charge in [0.05, 0.1) is 13.1 Å². The van der Waals surface area contributed by atoms with Crippen LogP contribution in [0.2, 0.25) is 0 Å². The molecule has 2 aliphatic heterocycles. The number of carbonyl (C=O) groups excluding carboxylic acids is 1. The van der Waals surface area contributed by atoms with Gasteiger partial charge in [0.15, 0.2) is 0 Å². The number of hydrogen-bond acceptors (Lipinski definition) is 3.